The van der Waals surface area contributed by atoms with Crippen LogP contribution in [-0.4, -0.2) is 41.3 Å². The molecule has 7 nitrogen and oxygen atoms in total. The van der Waals surface area contributed by atoms with Gasteiger partial charge >= 0.3 is 0 Å². The van der Waals surface area contributed by atoms with Crippen LogP contribution < -0.4 is 5.32 Å². The first-order chi connectivity index (χ1) is 15.5. The molecule has 0 aliphatic carbocycles. The summed E-state index contributed by atoms with van der Waals surface area (Å²) in [6, 6.07) is 11.4. The van der Waals surface area contributed by atoms with Crippen LogP contribution in [0.25, 0.3) is 0 Å². The second-order valence-corrected chi connectivity index (χ2v) is 10.9. The van der Waals surface area contributed by atoms with E-state index in [9.17, 15) is 13.2 Å². The molecule has 0 bridgehead atoms. The Kier molecular flexibility index (Phi) is 7.62. The molecule has 176 valence electrons. The van der Waals surface area contributed by atoms with Crippen LogP contribution in [0.1, 0.15) is 55.4 Å². The van der Waals surface area contributed by atoms with Gasteiger partial charge in [0.05, 0.1) is 15.5 Å². The summed E-state index contributed by atoms with van der Waals surface area (Å²) in [6.07, 6.45) is 3.71. The summed E-state index contributed by atoms with van der Waals surface area (Å²) in [5.74, 6) is 0.802. The molecule has 2 aromatic carbocycles. The first-order valence-electron chi connectivity index (χ1n) is 10.7. The molecule has 0 aliphatic rings. The van der Waals surface area contributed by atoms with Crippen LogP contribution >= 0.6 is 11.6 Å². The van der Waals surface area contributed by atoms with E-state index in [1.807, 2.05) is 24.4 Å². The fourth-order valence-corrected chi connectivity index (χ4v) is 4.98. The first kappa shape index (κ1) is 25.0. The molecule has 9 heteroatoms. The highest BCUT2D eigenvalue weighted by molar-refractivity contribution is 7.89. The molecule has 0 unspecified atom stereocenters. The molecule has 0 atom stereocenters. The number of aromatic nitrogens is 2. The van der Waals surface area contributed by atoms with Gasteiger partial charge in [0.1, 0.15) is 5.82 Å². The predicted molar refractivity (Wildman–Crippen MR) is 131 cm³/mol. The Bertz CT molecular complexity index is 1250. The van der Waals surface area contributed by atoms with E-state index in [1.54, 1.807) is 26.1 Å². The van der Waals surface area contributed by atoms with Gasteiger partial charge in [-0.25, -0.2) is 13.4 Å². The Morgan fingerprint density at radius 1 is 1.15 bits per heavy atom. The summed E-state index contributed by atoms with van der Waals surface area (Å²) in [6.45, 7) is 8.36. The Hall–Kier alpha value is -2.68. The Labute approximate surface area is 200 Å². The third-order valence-electron chi connectivity index (χ3n) is 5.39. The summed E-state index contributed by atoms with van der Waals surface area (Å²) in [5, 5.41) is 3.01. The molecule has 1 N–H and O–H groups in total. The predicted octanol–water partition coefficient (Wildman–Crippen LogP) is 4.99. The number of hydrogen-bond acceptors (Lipinski definition) is 4. The number of halogens is 1. The number of benzene rings is 2. The van der Waals surface area contributed by atoms with Crippen molar-refractivity contribution in [3.63, 3.8) is 0 Å². The van der Waals surface area contributed by atoms with Crippen molar-refractivity contribution in [1.82, 2.24) is 13.9 Å². The number of carbonyl (C=O) groups excluding carboxylic acids is 1. The summed E-state index contributed by atoms with van der Waals surface area (Å²) in [7, 11) is -2.24. The average Bonchev–Trinajstić information content (AvgIpc) is 3.21. The number of sulfonamides is 1. The maximum atomic E-state index is 13.0. The molecule has 0 saturated carbocycles. The molecule has 3 rings (SSSR count). The molecule has 1 aromatic heterocycles. The number of nitrogens with zero attached hydrogens (tertiary/aromatic N) is 3. The van der Waals surface area contributed by atoms with Gasteiger partial charge in [-0.2, -0.15) is 4.31 Å². The van der Waals surface area contributed by atoms with Gasteiger partial charge in [0.15, 0.2) is 0 Å². The largest absolute Gasteiger partial charge is 0.330 e. The average molecular weight is 489 g/mol. The van der Waals surface area contributed by atoms with Crippen molar-refractivity contribution in [3.8, 4) is 0 Å². The van der Waals surface area contributed by atoms with Crippen molar-refractivity contribution >= 4 is 33.2 Å². The Balaban J connectivity index is 1.83. The van der Waals surface area contributed by atoms with Gasteiger partial charge in [-0.05, 0) is 49.7 Å². The third kappa shape index (κ3) is 5.63. The second kappa shape index (κ2) is 10.1. The monoisotopic (exact) mass is 488 g/mol. The minimum Gasteiger partial charge on any atom is -0.330 e. The van der Waals surface area contributed by atoms with Crippen molar-refractivity contribution in [2.75, 3.05) is 12.4 Å². The molecule has 0 saturated heterocycles. The zero-order valence-electron chi connectivity index (χ0n) is 19.4. The number of nitrogens with one attached hydrogen (secondary N) is 1. The lowest BCUT2D eigenvalue weighted by Crippen LogP contribution is -2.33. The molecule has 0 radical (unpaired) electrons. The zero-order chi connectivity index (χ0) is 24.3. The van der Waals surface area contributed by atoms with Crippen LogP contribution in [0.15, 0.2) is 59.8 Å². The molecule has 0 aliphatic heterocycles. The Morgan fingerprint density at radius 3 is 2.55 bits per heavy atom. The van der Waals surface area contributed by atoms with Gasteiger partial charge in [-0.3, -0.25) is 4.79 Å². The number of anilines is 1. The normalized spacial score (nSPS) is 12.0. The summed E-state index contributed by atoms with van der Waals surface area (Å²) in [4.78, 5) is 17.4. The molecule has 0 fully saturated rings. The molecule has 3 aromatic rings. The number of carbonyl (C=O) groups is 1. The number of rotatable bonds is 8. The second-order valence-electron chi connectivity index (χ2n) is 8.48. The third-order valence-corrected chi connectivity index (χ3v) is 7.75. The van der Waals surface area contributed by atoms with Gasteiger partial charge in [-0.15, -0.1) is 0 Å². The lowest BCUT2D eigenvalue weighted by Gasteiger charge is -2.21. The molecular weight excluding hydrogens is 460 g/mol. The summed E-state index contributed by atoms with van der Waals surface area (Å²) < 4.78 is 29.0. The van der Waals surface area contributed by atoms with Crippen LogP contribution in [-0.2, 0) is 16.6 Å². The van der Waals surface area contributed by atoms with Crippen LogP contribution in [0.4, 0.5) is 5.69 Å². The molecule has 1 heterocycles. The maximum absolute atomic E-state index is 13.0. The van der Waals surface area contributed by atoms with Gasteiger partial charge in [0.25, 0.3) is 5.91 Å². The Morgan fingerprint density at radius 2 is 1.88 bits per heavy atom. The van der Waals surface area contributed by atoms with Crippen molar-refractivity contribution in [2.24, 2.45) is 0 Å². The van der Waals surface area contributed by atoms with E-state index in [4.69, 9.17) is 11.6 Å². The van der Waals surface area contributed by atoms with Crippen LogP contribution in [0, 0.1) is 0 Å². The lowest BCUT2D eigenvalue weighted by molar-refractivity contribution is 0.102. The number of hydrogen-bond donors (Lipinski definition) is 1. The van der Waals surface area contributed by atoms with E-state index in [0.29, 0.717) is 18.2 Å². The highest BCUT2D eigenvalue weighted by Gasteiger charge is 2.25. The molecule has 33 heavy (non-hydrogen) atoms. The van der Waals surface area contributed by atoms with Crippen LogP contribution in [0.3, 0.4) is 0 Å². The van der Waals surface area contributed by atoms with Gasteiger partial charge in [0, 0.05) is 43.6 Å². The number of imidazole rings is 1. The summed E-state index contributed by atoms with van der Waals surface area (Å²) in [5.41, 5.74) is 1.68. The molecule has 1 amide bonds. The van der Waals surface area contributed by atoms with E-state index < -0.39 is 15.9 Å². The summed E-state index contributed by atoms with van der Waals surface area (Å²) >= 11 is 6.24. The molecule has 0 spiro atoms. The van der Waals surface area contributed by atoms with Gasteiger partial charge < -0.3 is 9.88 Å². The highest BCUT2D eigenvalue weighted by atomic mass is 35.5. The minimum absolute atomic E-state index is 0.0170. The van der Waals surface area contributed by atoms with E-state index in [-0.39, 0.29) is 21.5 Å². The maximum Gasteiger partial charge on any atom is 0.257 e. The number of amides is 1. The lowest BCUT2D eigenvalue weighted by atomic mass is 10.1. The van der Waals surface area contributed by atoms with E-state index in [0.717, 1.165) is 11.4 Å². The van der Waals surface area contributed by atoms with Gasteiger partial charge in [-0.1, -0.05) is 37.6 Å². The minimum atomic E-state index is -3.74. The fraction of sp³-hybridized carbons (Fsp3) is 0.333. The quantitative estimate of drug-likeness (QED) is 0.484. The van der Waals surface area contributed by atoms with Crippen LogP contribution in [0.5, 0.6) is 0 Å². The van der Waals surface area contributed by atoms with Crippen molar-refractivity contribution in [2.45, 2.75) is 51.1 Å². The first-order valence-corrected chi connectivity index (χ1v) is 12.5. The SMILES string of the molecule is CC(C)c1nccn1Cc1cccc(NC(=O)c2cc(S(=O)(=O)N(C)C(C)C)ccc2Cl)c1. The highest BCUT2D eigenvalue weighted by Crippen LogP contribution is 2.25. The van der Waals surface area contributed by atoms with Gasteiger partial charge in [0.2, 0.25) is 10.0 Å². The van der Waals surface area contributed by atoms with Crippen LogP contribution in [0.2, 0.25) is 5.02 Å². The topological polar surface area (TPSA) is 84.3 Å². The van der Waals surface area contributed by atoms with E-state index in [1.165, 1.54) is 29.6 Å². The zero-order valence-corrected chi connectivity index (χ0v) is 21.0. The van der Waals surface area contributed by atoms with E-state index in [2.05, 4.69) is 28.7 Å². The van der Waals surface area contributed by atoms with Crippen molar-refractivity contribution in [1.29, 1.82) is 0 Å². The standard InChI is InChI=1S/C24H29ClN4O3S/c1-16(2)23-26-11-12-29(23)15-18-7-6-8-19(13-18)27-24(30)21-14-20(9-10-22(21)25)33(31,32)28(5)17(3)4/h6-14,16-17H,15H2,1-5H3,(H,27,30). The van der Waals surface area contributed by atoms with Crippen molar-refractivity contribution < 1.29 is 13.2 Å². The smallest absolute Gasteiger partial charge is 0.257 e. The fourth-order valence-electron chi connectivity index (χ4n) is 3.38. The molecular formula is C24H29ClN4O3S. The van der Waals surface area contributed by atoms with Crippen molar-refractivity contribution in [3.05, 3.63) is 76.8 Å². The van der Waals surface area contributed by atoms with E-state index >= 15 is 0 Å².